The predicted octanol–water partition coefficient (Wildman–Crippen LogP) is 2.40. The highest BCUT2D eigenvalue weighted by Gasteiger charge is 2.17. The molecule has 0 aliphatic rings. The second-order valence-corrected chi connectivity index (χ2v) is 3.79. The molecule has 74 valence electrons. The van der Waals surface area contributed by atoms with Crippen LogP contribution in [0.25, 0.3) is 0 Å². The first-order valence-corrected chi connectivity index (χ1v) is 5.11. The summed E-state index contributed by atoms with van der Waals surface area (Å²) in [5, 5.41) is 1.96. The highest BCUT2D eigenvalue weighted by molar-refractivity contribution is 7.10. The van der Waals surface area contributed by atoms with Crippen molar-refractivity contribution in [1.29, 1.82) is 0 Å². The molecule has 14 heavy (non-hydrogen) atoms. The van der Waals surface area contributed by atoms with E-state index in [9.17, 15) is 0 Å². The molecule has 0 amide bonds. The van der Waals surface area contributed by atoms with Crippen LogP contribution in [0, 0.1) is 0 Å². The standard InChI is InChI=1S/C10H11NO2S/c1-12-8-4-6-14-10(8)9(11)7-3-2-5-13-7/h2-6,9H,11H2,1H3. The third kappa shape index (κ3) is 1.54. The zero-order valence-electron chi connectivity index (χ0n) is 7.77. The van der Waals surface area contributed by atoms with E-state index in [2.05, 4.69) is 0 Å². The number of thiophene rings is 1. The molecule has 0 aromatic carbocycles. The fourth-order valence-electron chi connectivity index (χ4n) is 1.30. The summed E-state index contributed by atoms with van der Waals surface area (Å²) in [6.45, 7) is 0. The van der Waals surface area contributed by atoms with Gasteiger partial charge in [-0.15, -0.1) is 11.3 Å². The van der Waals surface area contributed by atoms with Crippen LogP contribution >= 0.6 is 11.3 Å². The van der Waals surface area contributed by atoms with Crippen LogP contribution in [-0.4, -0.2) is 7.11 Å². The van der Waals surface area contributed by atoms with E-state index in [1.54, 1.807) is 24.7 Å². The molecule has 0 aliphatic carbocycles. The van der Waals surface area contributed by atoms with E-state index >= 15 is 0 Å². The van der Waals surface area contributed by atoms with Crippen molar-refractivity contribution in [3.05, 3.63) is 40.5 Å². The Labute approximate surface area is 86.1 Å². The van der Waals surface area contributed by atoms with Gasteiger partial charge in [0.25, 0.3) is 0 Å². The maximum atomic E-state index is 6.02. The summed E-state index contributed by atoms with van der Waals surface area (Å²) >= 11 is 1.57. The van der Waals surface area contributed by atoms with Crippen molar-refractivity contribution in [2.75, 3.05) is 7.11 Å². The van der Waals surface area contributed by atoms with Gasteiger partial charge in [-0.25, -0.2) is 0 Å². The lowest BCUT2D eigenvalue weighted by Gasteiger charge is -2.08. The molecule has 2 N–H and O–H groups in total. The minimum absolute atomic E-state index is 0.236. The van der Waals surface area contributed by atoms with Gasteiger partial charge in [0, 0.05) is 0 Å². The van der Waals surface area contributed by atoms with E-state index in [0.29, 0.717) is 0 Å². The molecule has 0 saturated heterocycles. The van der Waals surface area contributed by atoms with Crippen LogP contribution in [0.4, 0.5) is 0 Å². The summed E-state index contributed by atoms with van der Waals surface area (Å²) in [6, 6.07) is 5.36. The average Bonchev–Trinajstić information content (AvgIpc) is 2.87. The average molecular weight is 209 g/mol. The zero-order chi connectivity index (χ0) is 9.97. The fraction of sp³-hybridized carbons (Fsp3) is 0.200. The van der Waals surface area contributed by atoms with Gasteiger partial charge in [0.1, 0.15) is 17.6 Å². The normalized spacial score (nSPS) is 12.7. The summed E-state index contributed by atoms with van der Waals surface area (Å²) in [6.07, 6.45) is 1.62. The molecule has 2 heterocycles. The van der Waals surface area contributed by atoms with Crippen LogP contribution in [0.5, 0.6) is 5.75 Å². The number of hydrogen-bond donors (Lipinski definition) is 1. The van der Waals surface area contributed by atoms with E-state index in [1.807, 2.05) is 23.6 Å². The summed E-state index contributed by atoms with van der Waals surface area (Å²) in [5.74, 6) is 1.57. The Morgan fingerprint density at radius 1 is 1.50 bits per heavy atom. The monoisotopic (exact) mass is 209 g/mol. The summed E-state index contributed by atoms with van der Waals surface area (Å²) in [4.78, 5) is 0.988. The molecule has 2 aromatic heterocycles. The van der Waals surface area contributed by atoms with E-state index in [1.165, 1.54) is 0 Å². The van der Waals surface area contributed by atoms with Crippen molar-refractivity contribution in [2.24, 2.45) is 5.73 Å². The first kappa shape index (κ1) is 9.30. The highest BCUT2D eigenvalue weighted by Crippen LogP contribution is 2.33. The quantitative estimate of drug-likeness (QED) is 0.844. The van der Waals surface area contributed by atoms with Gasteiger partial charge in [0.05, 0.1) is 18.3 Å². The molecular weight excluding hydrogens is 198 g/mol. The lowest BCUT2D eigenvalue weighted by Crippen LogP contribution is -2.10. The number of nitrogens with two attached hydrogens (primary N) is 1. The van der Waals surface area contributed by atoms with Crippen molar-refractivity contribution in [2.45, 2.75) is 6.04 Å². The predicted molar refractivity (Wildman–Crippen MR) is 55.6 cm³/mol. The highest BCUT2D eigenvalue weighted by atomic mass is 32.1. The molecule has 3 nitrogen and oxygen atoms in total. The van der Waals surface area contributed by atoms with Gasteiger partial charge >= 0.3 is 0 Å². The van der Waals surface area contributed by atoms with Crippen LogP contribution < -0.4 is 10.5 Å². The molecule has 2 rings (SSSR count). The molecule has 0 saturated carbocycles. The minimum Gasteiger partial charge on any atom is -0.496 e. The van der Waals surface area contributed by atoms with Gasteiger partial charge in [-0.3, -0.25) is 0 Å². The topological polar surface area (TPSA) is 48.4 Å². The Balaban J connectivity index is 2.31. The number of hydrogen-bond acceptors (Lipinski definition) is 4. The maximum absolute atomic E-state index is 6.02. The SMILES string of the molecule is COc1ccsc1C(N)c1ccco1. The van der Waals surface area contributed by atoms with Crippen molar-refractivity contribution >= 4 is 11.3 Å². The second-order valence-electron chi connectivity index (χ2n) is 2.85. The van der Waals surface area contributed by atoms with Gasteiger partial charge in [-0.1, -0.05) is 0 Å². The smallest absolute Gasteiger partial charge is 0.134 e. The summed E-state index contributed by atoms with van der Waals surface area (Å²) in [5.41, 5.74) is 6.02. The van der Waals surface area contributed by atoms with Crippen LogP contribution in [0.2, 0.25) is 0 Å². The minimum atomic E-state index is -0.236. The lowest BCUT2D eigenvalue weighted by molar-refractivity contribution is 0.406. The maximum Gasteiger partial charge on any atom is 0.134 e. The molecule has 0 spiro atoms. The summed E-state index contributed by atoms with van der Waals surface area (Å²) < 4.78 is 10.4. The molecule has 0 aliphatic heterocycles. The Morgan fingerprint density at radius 2 is 2.36 bits per heavy atom. The molecular formula is C10H11NO2S. The van der Waals surface area contributed by atoms with Crippen LogP contribution in [0.1, 0.15) is 16.7 Å². The molecule has 0 fully saturated rings. The van der Waals surface area contributed by atoms with E-state index in [-0.39, 0.29) is 6.04 Å². The van der Waals surface area contributed by atoms with Crippen molar-refractivity contribution in [3.8, 4) is 5.75 Å². The lowest BCUT2D eigenvalue weighted by atomic mass is 10.2. The van der Waals surface area contributed by atoms with Gasteiger partial charge < -0.3 is 14.9 Å². The first-order valence-electron chi connectivity index (χ1n) is 4.23. The number of ether oxygens (including phenoxy) is 1. The third-order valence-corrected chi connectivity index (χ3v) is 2.99. The van der Waals surface area contributed by atoms with Crippen LogP contribution in [0.15, 0.2) is 34.3 Å². The number of methoxy groups -OCH3 is 1. The van der Waals surface area contributed by atoms with Gasteiger partial charge in [0.15, 0.2) is 0 Å². The van der Waals surface area contributed by atoms with Gasteiger partial charge in [-0.05, 0) is 23.6 Å². The zero-order valence-corrected chi connectivity index (χ0v) is 8.58. The van der Waals surface area contributed by atoms with Crippen LogP contribution in [-0.2, 0) is 0 Å². The number of furan rings is 1. The van der Waals surface area contributed by atoms with E-state index < -0.39 is 0 Å². The fourth-order valence-corrected chi connectivity index (χ4v) is 2.17. The molecule has 4 heteroatoms. The molecule has 0 bridgehead atoms. The van der Waals surface area contributed by atoms with Gasteiger partial charge in [-0.2, -0.15) is 0 Å². The molecule has 2 aromatic rings. The third-order valence-electron chi connectivity index (χ3n) is 2.01. The Bertz CT molecular complexity index is 394. The second kappa shape index (κ2) is 3.86. The largest absolute Gasteiger partial charge is 0.496 e. The molecule has 0 radical (unpaired) electrons. The Morgan fingerprint density at radius 3 is 3.00 bits per heavy atom. The molecule has 1 unspecified atom stereocenters. The van der Waals surface area contributed by atoms with E-state index in [4.69, 9.17) is 14.9 Å². The van der Waals surface area contributed by atoms with Gasteiger partial charge in [0.2, 0.25) is 0 Å². The Hall–Kier alpha value is -1.26. The number of rotatable bonds is 3. The summed E-state index contributed by atoms with van der Waals surface area (Å²) in [7, 11) is 1.64. The first-order chi connectivity index (χ1) is 6.83. The Kier molecular flexibility index (Phi) is 2.56. The van der Waals surface area contributed by atoms with Crippen molar-refractivity contribution in [1.82, 2.24) is 0 Å². The van der Waals surface area contributed by atoms with Crippen molar-refractivity contribution in [3.63, 3.8) is 0 Å². The van der Waals surface area contributed by atoms with Crippen LogP contribution in [0.3, 0.4) is 0 Å². The molecule has 1 atom stereocenters. The van der Waals surface area contributed by atoms with Crippen molar-refractivity contribution < 1.29 is 9.15 Å². The van der Waals surface area contributed by atoms with E-state index in [0.717, 1.165) is 16.4 Å².